The third-order valence-corrected chi connectivity index (χ3v) is 3.79. The van der Waals surface area contributed by atoms with Crippen molar-refractivity contribution >= 4 is 23.2 Å². The van der Waals surface area contributed by atoms with Gasteiger partial charge >= 0.3 is 0 Å². The molecule has 2 heterocycles. The Kier molecular flexibility index (Phi) is 3.00. The van der Waals surface area contributed by atoms with E-state index in [1.54, 1.807) is 0 Å². The van der Waals surface area contributed by atoms with Crippen LogP contribution >= 0.6 is 11.3 Å². The maximum absolute atomic E-state index is 10.7. The van der Waals surface area contributed by atoms with Gasteiger partial charge in [0.05, 0.1) is 4.88 Å². The Morgan fingerprint density at radius 2 is 2.06 bits per heavy atom. The first-order chi connectivity index (χ1) is 7.81. The first-order valence-corrected chi connectivity index (χ1v) is 6.74. The van der Waals surface area contributed by atoms with Gasteiger partial charge in [0.25, 0.3) is 0 Å². The summed E-state index contributed by atoms with van der Waals surface area (Å²) in [6.07, 6.45) is 4.19. The molecule has 17 heavy (non-hydrogen) atoms. The van der Waals surface area contributed by atoms with Crippen molar-refractivity contribution < 1.29 is 4.79 Å². The third-order valence-electron chi connectivity index (χ3n) is 2.93. The number of thiophene rings is 1. The van der Waals surface area contributed by atoms with Crippen LogP contribution in [-0.4, -0.2) is 17.4 Å². The van der Waals surface area contributed by atoms with Gasteiger partial charge in [-0.15, -0.1) is 11.3 Å². The maximum atomic E-state index is 10.7. The van der Waals surface area contributed by atoms with E-state index in [4.69, 9.17) is 0 Å². The van der Waals surface area contributed by atoms with E-state index in [0.29, 0.717) is 0 Å². The van der Waals surface area contributed by atoms with Crippen molar-refractivity contribution in [3.8, 4) is 0 Å². The molecule has 0 bridgehead atoms. The van der Waals surface area contributed by atoms with Crippen LogP contribution in [0.1, 0.15) is 49.4 Å². The number of carbonyl (C=O) groups is 1. The Hall–Kier alpha value is -0.930. The number of rotatable bonds is 2. The van der Waals surface area contributed by atoms with Crippen molar-refractivity contribution in [2.45, 2.75) is 45.2 Å². The Labute approximate surface area is 107 Å². The predicted octanol–water partition coefficient (Wildman–Crippen LogP) is 3.49. The molecule has 0 amide bonds. The van der Waals surface area contributed by atoms with Gasteiger partial charge in [-0.05, 0) is 56.7 Å². The second-order valence-corrected chi connectivity index (χ2v) is 6.88. The van der Waals surface area contributed by atoms with E-state index in [2.05, 4.69) is 44.5 Å². The lowest BCUT2D eigenvalue weighted by Gasteiger charge is -2.41. The summed E-state index contributed by atoms with van der Waals surface area (Å²) in [5.74, 6) is 0. The fraction of sp³-hybridized carbons (Fsp3) is 0.500. The van der Waals surface area contributed by atoms with Gasteiger partial charge in [-0.1, -0.05) is 6.08 Å². The fourth-order valence-corrected chi connectivity index (χ4v) is 3.42. The molecule has 0 radical (unpaired) electrons. The second kappa shape index (κ2) is 4.07. The zero-order chi connectivity index (χ0) is 12.7. The minimum atomic E-state index is 0.000359. The normalized spacial score (nSPS) is 22.0. The monoisotopic (exact) mass is 249 g/mol. The summed E-state index contributed by atoms with van der Waals surface area (Å²) in [4.78, 5) is 11.5. The molecular formula is C14H19NOS. The van der Waals surface area contributed by atoms with Gasteiger partial charge in [0.1, 0.15) is 0 Å². The van der Waals surface area contributed by atoms with E-state index in [1.807, 2.05) is 6.07 Å². The lowest BCUT2D eigenvalue weighted by Crippen LogP contribution is -2.53. The van der Waals surface area contributed by atoms with Crippen LogP contribution in [0.5, 0.6) is 0 Å². The van der Waals surface area contributed by atoms with E-state index < -0.39 is 0 Å². The molecule has 0 aromatic carbocycles. The van der Waals surface area contributed by atoms with Gasteiger partial charge < -0.3 is 5.32 Å². The van der Waals surface area contributed by atoms with Gasteiger partial charge in [0.2, 0.25) is 0 Å². The summed E-state index contributed by atoms with van der Waals surface area (Å²) in [5.41, 5.74) is 2.62. The highest BCUT2D eigenvalue weighted by Gasteiger charge is 2.32. The number of carbonyl (C=O) groups excluding carboxylic acids is 1. The highest BCUT2D eigenvalue weighted by Crippen LogP contribution is 2.34. The van der Waals surface area contributed by atoms with E-state index in [0.717, 1.165) is 17.6 Å². The van der Waals surface area contributed by atoms with Crippen LogP contribution in [0.25, 0.3) is 5.57 Å². The van der Waals surface area contributed by atoms with Crippen molar-refractivity contribution in [1.29, 1.82) is 0 Å². The Morgan fingerprint density at radius 1 is 1.35 bits per heavy atom. The molecular weight excluding hydrogens is 230 g/mol. The Balaban J connectivity index is 2.37. The van der Waals surface area contributed by atoms with Gasteiger partial charge in [0, 0.05) is 11.1 Å². The first kappa shape index (κ1) is 12.5. The fourth-order valence-electron chi connectivity index (χ4n) is 2.68. The van der Waals surface area contributed by atoms with Crippen LogP contribution in [0.4, 0.5) is 0 Å². The van der Waals surface area contributed by atoms with Gasteiger partial charge in [-0.3, -0.25) is 4.79 Å². The molecule has 0 unspecified atom stereocenters. The van der Waals surface area contributed by atoms with Crippen molar-refractivity contribution in [1.82, 2.24) is 5.32 Å². The number of aldehydes is 1. The summed E-state index contributed by atoms with van der Waals surface area (Å²) < 4.78 is 0. The minimum absolute atomic E-state index is 0.000359. The summed E-state index contributed by atoms with van der Waals surface area (Å²) in [5, 5.41) is 5.69. The minimum Gasteiger partial charge on any atom is -0.303 e. The quantitative estimate of drug-likeness (QED) is 0.813. The molecule has 1 N–H and O–H groups in total. The van der Waals surface area contributed by atoms with E-state index >= 15 is 0 Å². The topological polar surface area (TPSA) is 29.1 Å². The van der Waals surface area contributed by atoms with Crippen molar-refractivity contribution in [3.63, 3.8) is 0 Å². The SMILES string of the molecule is CC1(C)C=C(c2csc(C=O)c2)CC(C)(C)N1. The molecule has 0 aliphatic carbocycles. The van der Waals surface area contributed by atoms with E-state index in [-0.39, 0.29) is 11.1 Å². The van der Waals surface area contributed by atoms with Gasteiger partial charge in [-0.2, -0.15) is 0 Å². The summed E-state index contributed by atoms with van der Waals surface area (Å²) in [7, 11) is 0. The molecule has 0 atom stereocenters. The van der Waals surface area contributed by atoms with Gasteiger partial charge in [-0.25, -0.2) is 0 Å². The maximum Gasteiger partial charge on any atom is 0.160 e. The Morgan fingerprint density at radius 3 is 2.59 bits per heavy atom. The molecule has 0 saturated heterocycles. The molecule has 1 aliphatic rings. The summed E-state index contributed by atoms with van der Waals surface area (Å²) in [6, 6.07) is 1.99. The molecule has 92 valence electrons. The van der Waals surface area contributed by atoms with Crippen LogP contribution in [0.15, 0.2) is 17.5 Å². The molecule has 0 fully saturated rings. The molecule has 0 saturated carbocycles. The van der Waals surface area contributed by atoms with E-state index in [9.17, 15) is 4.79 Å². The lowest BCUT2D eigenvalue weighted by atomic mass is 9.82. The second-order valence-electron chi connectivity index (χ2n) is 5.93. The average molecular weight is 249 g/mol. The third kappa shape index (κ3) is 2.85. The Bertz CT molecular complexity index is 468. The smallest absolute Gasteiger partial charge is 0.160 e. The molecule has 1 aromatic rings. The largest absolute Gasteiger partial charge is 0.303 e. The highest BCUT2D eigenvalue weighted by atomic mass is 32.1. The average Bonchev–Trinajstić information content (AvgIpc) is 2.60. The summed E-state index contributed by atoms with van der Waals surface area (Å²) in [6.45, 7) is 8.80. The number of hydrogen-bond donors (Lipinski definition) is 1. The van der Waals surface area contributed by atoms with Gasteiger partial charge in [0.15, 0.2) is 6.29 Å². The van der Waals surface area contributed by atoms with Crippen molar-refractivity contribution in [2.75, 3.05) is 0 Å². The first-order valence-electron chi connectivity index (χ1n) is 5.86. The molecule has 0 spiro atoms. The lowest BCUT2D eigenvalue weighted by molar-refractivity contribution is 0.112. The zero-order valence-corrected chi connectivity index (χ0v) is 11.6. The number of nitrogens with one attached hydrogen (secondary N) is 1. The van der Waals surface area contributed by atoms with Crippen LogP contribution in [0.3, 0.4) is 0 Å². The standard InChI is InChI=1S/C14H19NOS/c1-13(2)6-11(7-14(3,4)15-13)10-5-12(8-16)17-9-10/h5-6,8-9,15H,7H2,1-4H3. The summed E-state index contributed by atoms with van der Waals surface area (Å²) >= 11 is 1.51. The molecule has 2 nitrogen and oxygen atoms in total. The van der Waals surface area contributed by atoms with Crippen molar-refractivity contribution in [3.05, 3.63) is 28.0 Å². The molecule has 2 rings (SSSR count). The highest BCUT2D eigenvalue weighted by molar-refractivity contribution is 7.11. The van der Waals surface area contributed by atoms with Crippen LogP contribution in [0, 0.1) is 0 Å². The molecule has 1 aliphatic heterocycles. The number of hydrogen-bond acceptors (Lipinski definition) is 3. The van der Waals surface area contributed by atoms with E-state index in [1.165, 1.54) is 22.5 Å². The van der Waals surface area contributed by atoms with Crippen LogP contribution in [-0.2, 0) is 0 Å². The van der Waals surface area contributed by atoms with Crippen LogP contribution in [0.2, 0.25) is 0 Å². The van der Waals surface area contributed by atoms with Crippen LogP contribution < -0.4 is 5.32 Å². The predicted molar refractivity (Wildman–Crippen MR) is 73.6 cm³/mol. The molecule has 3 heteroatoms. The zero-order valence-electron chi connectivity index (χ0n) is 10.8. The molecule has 1 aromatic heterocycles. The van der Waals surface area contributed by atoms with Crippen molar-refractivity contribution in [2.24, 2.45) is 0 Å².